The van der Waals surface area contributed by atoms with E-state index in [1.54, 1.807) is 0 Å². The summed E-state index contributed by atoms with van der Waals surface area (Å²) in [6.45, 7) is 1.91. The van der Waals surface area contributed by atoms with E-state index >= 15 is 0 Å². The minimum Gasteiger partial charge on any atom is -0.445 e. The molecule has 2 atom stereocenters. The van der Waals surface area contributed by atoms with Crippen LogP contribution in [-0.4, -0.2) is 31.3 Å². The molecule has 2 aliphatic heterocycles. The zero-order chi connectivity index (χ0) is 9.10. The molecule has 13 heavy (non-hydrogen) atoms. The molecule has 2 saturated heterocycles. The van der Waals surface area contributed by atoms with E-state index in [0.717, 1.165) is 38.8 Å². The van der Waals surface area contributed by atoms with Gasteiger partial charge in [0.15, 0.2) is 6.23 Å². The summed E-state index contributed by atoms with van der Waals surface area (Å²) in [5.41, 5.74) is 0. The van der Waals surface area contributed by atoms with Crippen LogP contribution >= 0.6 is 0 Å². The van der Waals surface area contributed by atoms with Gasteiger partial charge in [-0.05, 0) is 38.8 Å². The lowest BCUT2D eigenvalue weighted by atomic mass is 10.2. The van der Waals surface area contributed by atoms with Gasteiger partial charge in [0, 0.05) is 0 Å². The van der Waals surface area contributed by atoms with Crippen LogP contribution in [0.2, 0.25) is 0 Å². The Labute approximate surface area is 78.0 Å². The summed E-state index contributed by atoms with van der Waals surface area (Å²) in [4.78, 5) is 11.5. The molecule has 4 heteroatoms. The molecular weight excluding hydrogens is 168 g/mol. The molecule has 0 spiro atoms. The molecule has 74 valence electrons. The average Bonchev–Trinajstić information content (AvgIpc) is 2.74. The van der Waals surface area contributed by atoms with Crippen molar-refractivity contribution in [1.29, 1.82) is 0 Å². The van der Waals surface area contributed by atoms with Gasteiger partial charge in [-0.25, -0.2) is 0 Å². The van der Waals surface area contributed by atoms with Crippen LogP contribution in [0, 0.1) is 0 Å². The maximum absolute atomic E-state index is 11.5. The van der Waals surface area contributed by atoms with E-state index in [2.05, 4.69) is 10.6 Å². The molecule has 4 nitrogen and oxygen atoms in total. The topological polar surface area (TPSA) is 50.4 Å². The van der Waals surface area contributed by atoms with Gasteiger partial charge >= 0.3 is 5.97 Å². The van der Waals surface area contributed by atoms with Crippen molar-refractivity contribution in [1.82, 2.24) is 10.6 Å². The smallest absolute Gasteiger partial charge is 0.324 e. The molecule has 0 radical (unpaired) electrons. The summed E-state index contributed by atoms with van der Waals surface area (Å²) in [7, 11) is 0. The quantitative estimate of drug-likeness (QED) is 0.593. The lowest BCUT2D eigenvalue weighted by Gasteiger charge is -2.15. The third kappa shape index (κ3) is 2.19. The second-order valence-electron chi connectivity index (χ2n) is 3.67. The van der Waals surface area contributed by atoms with Crippen molar-refractivity contribution in [2.75, 3.05) is 13.1 Å². The second-order valence-corrected chi connectivity index (χ2v) is 3.67. The molecule has 0 unspecified atom stereocenters. The molecule has 2 rings (SSSR count). The van der Waals surface area contributed by atoms with E-state index < -0.39 is 0 Å². The van der Waals surface area contributed by atoms with E-state index in [9.17, 15) is 4.79 Å². The Hall–Kier alpha value is -0.610. The third-order valence-corrected chi connectivity index (χ3v) is 2.62. The second kappa shape index (κ2) is 4.07. The van der Waals surface area contributed by atoms with Crippen molar-refractivity contribution >= 4 is 5.97 Å². The highest BCUT2D eigenvalue weighted by atomic mass is 16.6. The summed E-state index contributed by atoms with van der Waals surface area (Å²) in [6.07, 6.45) is 4.03. The first-order valence-electron chi connectivity index (χ1n) is 5.03. The van der Waals surface area contributed by atoms with Crippen LogP contribution in [0.15, 0.2) is 0 Å². The molecule has 0 aromatic carbocycles. The van der Waals surface area contributed by atoms with Crippen molar-refractivity contribution in [3.05, 3.63) is 0 Å². The SMILES string of the molecule is O=C(O[C@H]1CCCN1)[C@@H]1CCCN1. The fraction of sp³-hybridized carbons (Fsp3) is 0.889. The predicted molar refractivity (Wildman–Crippen MR) is 48.1 cm³/mol. The third-order valence-electron chi connectivity index (χ3n) is 2.62. The van der Waals surface area contributed by atoms with Crippen molar-refractivity contribution in [2.45, 2.75) is 38.0 Å². The van der Waals surface area contributed by atoms with Gasteiger partial charge in [-0.3, -0.25) is 10.1 Å². The Morgan fingerprint density at radius 2 is 1.92 bits per heavy atom. The first-order chi connectivity index (χ1) is 6.36. The van der Waals surface area contributed by atoms with Crippen molar-refractivity contribution < 1.29 is 9.53 Å². The maximum atomic E-state index is 11.5. The zero-order valence-electron chi connectivity index (χ0n) is 7.71. The van der Waals surface area contributed by atoms with E-state index in [4.69, 9.17) is 4.74 Å². The molecule has 0 aromatic rings. The number of nitrogens with one attached hydrogen (secondary N) is 2. The average molecular weight is 184 g/mol. The number of carbonyl (C=O) groups is 1. The number of hydrogen-bond donors (Lipinski definition) is 2. The number of hydrogen-bond acceptors (Lipinski definition) is 4. The molecule has 0 amide bonds. The lowest BCUT2D eigenvalue weighted by molar-refractivity contribution is -0.151. The molecule has 2 fully saturated rings. The van der Waals surface area contributed by atoms with Gasteiger partial charge in [-0.15, -0.1) is 0 Å². The molecule has 0 bridgehead atoms. The first kappa shape index (κ1) is 8.97. The first-order valence-corrected chi connectivity index (χ1v) is 5.03. The van der Waals surface area contributed by atoms with Crippen LogP contribution in [0.3, 0.4) is 0 Å². The van der Waals surface area contributed by atoms with Gasteiger partial charge in [0.2, 0.25) is 0 Å². The number of rotatable bonds is 2. The Bertz CT molecular complexity index is 184. The van der Waals surface area contributed by atoms with E-state index in [-0.39, 0.29) is 18.2 Å². The molecule has 2 heterocycles. The van der Waals surface area contributed by atoms with E-state index in [1.807, 2.05) is 0 Å². The minimum absolute atomic E-state index is 0.0325. The molecule has 2 aliphatic rings. The summed E-state index contributed by atoms with van der Waals surface area (Å²) in [5.74, 6) is -0.0862. The van der Waals surface area contributed by atoms with Crippen LogP contribution in [0.25, 0.3) is 0 Å². The molecule has 0 saturated carbocycles. The van der Waals surface area contributed by atoms with Crippen molar-refractivity contribution in [2.24, 2.45) is 0 Å². The summed E-state index contributed by atoms with van der Waals surface area (Å²) < 4.78 is 5.28. The highest BCUT2D eigenvalue weighted by molar-refractivity contribution is 5.76. The zero-order valence-corrected chi connectivity index (χ0v) is 7.71. The lowest BCUT2D eigenvalue weighted by Crippen LogP contribution is -2.37. The highest BCUT2D eigenvalue weighted by Crippen LogP contribution is 2.11. The van der Waals surface area contributed by atoms with Gasteiger partial charge in [0.25, 0.3) is 0 Å². The summed E-state index contributed by atoms with van der Waals surface area (Å²) >= 11 is 0. The minimum atomic E-state index is -0.0862. The van der Waals surface area contributed by atoms with Crippen LogP contribution in [0.1, 0.15) is 25.7 Å². The van der Waals surface area contributed by atoms with Gasteiger partial charge in [-0.1, -0.05) is 0 Å². The van der Waals surface area contributed by atoms with E-state index in [1.165, 1.54) is 0 Å². The van der Waals surface area contributed by atoms with Crippen LogP contribution in [0.4, 0.5) is 0 Å². The largest absolute Gasteiger partial charge is 0.445 e. The fourth-order valence-corrected chi connectivity index (χ4v) is 1.86. The van der Waals surface area contributed by atoms with Crippen LogP contribution < -0.4 is 10.6 Å². The number of carbonyl (C=O) groups excluding carboxylic acids is 1. The van der Waals surface area contributed by atoms with Gasteiger partial charge in [0.1, 0.15) is 6.04 Å². The molecular formula is C9H16N2O2. The molecule has 2 N–H and O–H groups in total. The van der Waals surface area contributed by atoms with Crippen LogP contribution in [-0.2, 0) is 9.53 Å². The van der Waals surface area contributed by atoms with Crippen molar-refractivity contribution in [3.8, 4) is 0 Å². The standard InChI is InChI=1S/C9H16N2O2/c12-9(7-3-1-5-10-7)13-8-4-2-6-11-8/h7-8,10-11H,1-6H2/t7-,8-/m0/s1. The number of ether oxygens (including phenoxy) is 1. The Morgan fingerprint density at radius 1 is 1.15 bits per heavy atom. The summed E-state index contributed by atoms with van der Waals surface area (Å²) in [5, 5.41) is 6.27. The predicted octanol–water partition coefficient (Wildman–Crippen LogP) is -0.00890. The highest BCUT2D eigenvalue weighted by Gasteiger charge is 2.26. The maximum Gasteiger partial charge on any atom is 0.324 e. The summed E-state index contributed by atoms with van der Waals surface area (Å²) in [6, 6.07) is -0.0533. The van der Waals surface area contributed by atoms with Gasteiger partial charge in [0.05, 0.1) is 0 Å². The number of esters is 1. The molecule has 0 aliphatic carbocycles. The van der Waals surface area contributed by atoms with Crippen molar-refractivity contribution in [3.63, 3.8) is 0 Å². The monoisotopic (exact) mass is 184 g/mol. The van der Waals surface area contributed by atoms with Crippen LogP contribution in [0.5, 0.6) is 0 Å². The van der Waals surface area contributed by atoms with Gasteiger partial charge < -0.3 is 10.1 Å². The Kier molecular flexibility index (Phi) is 2.80. The van der Waals surface area contributed by atoms with E-state index in [0.29, 0.717) is 0 Å². The fourth-order valence-electron chi connectivity index (χ4n) is 1.86. The Balaban J connectivity index is 1.76. The molecule has 0 aromatic heterocycles. The normalized spacial score (nSPS) is 33.5. The Morgan fingerprint density at radius 3 is 2.54 bits per heavy atom. The van der Waals surface area contributed by atoms with Gasteiger partial charge in [-0.2, -0.15) is 0 Å².